The average Bonchev–Trinajstić information content (AvgIpc) is 2.45. The van der Waals surface area contributed by atoms with E-state index in [1.54, 1.807) is 11.9 Å². The van der Waals surface area contributed by atoms with Crippen LogP contribution in [0.2, 0.25) is 0 Å². The highest BCUT2D eigenvalue weighted by molar-refractivity contribution is 5.86. The van der Waals surface area contributed by atoms with E-state index in [2.05, 4.69) is 0 Å². The fourth-order valence-corrected chi connectivity index (χ4v) is 2.39. The highest BCUT2D eigenvalue weighted by Gasteiger charge is 2.28. The summed E-state index contributed by atoms with van der Waals surface area (Å²) in [6.45, 7) is 6.80. The van der Waals surface area contributed by atoms with E-state index in [9.17, 15) is 14.4 Å². The van der Waals surface area contributed by atoms with Crippen molar-refractivity contribution in [2.75, 3.05) is 26.7 Å². The van der Waals surface area contributed by atoms with Crippen molar-refractivity contribution in [1.29, 1.82) is 0 Å². The molecule has 1 fully saturated rings. The minimum atomic E-state index is -0.792. The molecule has 0 saturated carbocycles. The van der Waals surface area contributed by atoms with Crippen LogP contribution in [0.4, 0.5) is 0 Å². The number of aliphatic carboxylic acids is 1. The number of carbonyl (C=O) groups is 3. The number of carboxylic acid groups (broad SMARTS) is 1. The molecule has 120 valence electrons. The first kappa shape index (κ1) is 17.5. The third-order valence-electron chi connectivity index (χ3n) is 4.34. The van der Waals surface area contributed by atoms with Crippen LogP contribution >= 0.6 is 0 Å². The van der Waals surface area contributed by atoms with Gasteiger partial charge < -0.3 is 14.9 Å². The maximum atomic E-state index is 12.2. The second kappa shape index (κ2) is 7.43. The SMILES string of the molecule is CC(C)C(C)C(=O)N(C)CC(=O)N1CCC(C(=O)O)CC1. The Kier molecular flexibility index (Phi) is 6.18. The van der Waals surface area contributed by atoms with Crippen molar-refractivity contribution in [1.82, 2.24) is 9.80 Å². The lowest BCUT2D eigenvalue weighted by Crippen LogP contribution is -2.46. The summed E-state index contributed by atoms with van der Waals surface area (Å²) in [5.74, 6) is -1.15. The summed E-state index contributed by atoms with van der Waals surface area (Å²) in [5.41, 5.74) is 0. The lowest BCUT2D eigenvalue weighted by Gasteiger charge is -2.32. The molecule has 1 N–H and O–H groups in total. The van der Waals surface area contributed by atoms with Crippen LogP contribution in [0.1, 0.15) is 33.6 Å². The monoisotopic (exact) mass is 298 g/mol. The van der Waals surface area contributed by atoms with Crippen LogP contribution in [0.5, 0.6) is 0 Å². The minimum Gasteiger partial charge on any atom is -0.481 e. The molecule has 0 bridgehead atoms. The minimum absolute atomic E-state index is 0.0289. The van der Waals surface area contributed by atoms with Gasteiger partial charge >= 0.3 is 5.97 Å². The molecule has 6 heteroatoms. The lowest BCUT2D eigenvalue weighted by atomic mass is 9.96. The Balaban J connectivity index is 2.47. The summed E-state index contributed by atoms with van der Waals surface area (Å²) < 4.78 is 0. The molecule has 1 atom stereocenters. The van der Waals surface area contributed by atoms with Crippen molar-refractivity contribution >= 4 is 17.8 Å². The number of nitrogens with zero attached hydrogens (tertiary/aromatic N) is 2. The number of likely N-dealkylation sites (tertiary alicyclic amines) is 1. The van der Waals surface area contributed by atoms with E-state index < -0.39 is 5.97 Å². The number of piperidine rings is 1. The molecule has 1 saturated heterocycles. The average molecular weight is 298 g/mol. The van der Waals surface area contributed by atoms with Gasteiger partial charge in [-0.3, -0.25) is 14.4 Å². The molecule has 0 aromatic carbocycles. The molecule has 1 heterocycles. The number of carboxylic acids is 1. The van der Waals surface area contributed by atoms with Gasteiger partial charge in [0.15, 0.2) is 0 Å². The summed E-state index contributed by atoms with van der Waals surface area (Å²) >= 11 is 0. The van der Waals surface area contributed by atoms with E-state index in [0.29, 0.717) is 25.9 Å². The Morgan fingerprint density at radius 2 is 1.71 bits per heavy atom. The van der Waals surface area contributed by atoms with Gasteiger partial charge in [0.25, 0.3) is 0 Å². The lowest BCUT2D eigenvalue weighted by molar-refractivity contribution is -0.147. The molecule has 0 aromatic heterocycles. The molecule has 1 aliphatic rings. The summed E-state index contributed by atoms with van der Waals surface area (Å²) in [7, 11) is 1.64. The van der Waals surface area contributed by atoms with Crippen LogP contribution in [0.25, 0.3) is 0 Å². The second-order valence-corrected chi connectivity index (χ2v) is 6.22. The third kappa shape index (κ3) is 4.72. The Hall–Kier alpha value is -1.59. The largest absolute Gasteiger partial charge is 0.481 e. The molecule has 21 heavy (non-hydrogen) atoms. The molecule has 1 unspecified atom stereocenters. The first-order chi connectivity index (χ1) is 9.73. The fraction of sp³-hybridized carbons (Fsp3) is 0.800. The van der Waals surface area contributed by atoms with Crippen molar-refractivity contribution in [2.45, 2.75) is 33.6 Å². The highest BCUT2D eigenvalue weighted by atomic mass is 16.4. The van der Waals surface area contributed by atoms with E-state index in [1.807, 2.05) is 20.8 Å². The smallest absolute Gasteiger partial charge is 0.306 e. The van der Waals surface area contributed by atoms with E-state index in [4.69, 9.17) is 5.11 Å². The predicted octanol–water partition coefficient (Wildman–Crippen LogP) is 1.06. The summed E-state index contributed by atoms with van der Waals surface area (Å²) in [5, 5.41) is 8.94. The highest BCUT2D eigenvalue weighted by Crippen LogP contribution is 2.18. The number of hydrogen-bond donors (Lipinski definition) is 1. The first-order valence-electron chi connectivity index (χ1n) is 7.49. The zero-order valence-corrected chi connectivity index (χ0v) is 13.3. The van der Waals surface area contributed by atoms with E-state index in [1.165, 1.54) is 4.90 Å². The standard InChI is InChI=1S/C15H26N2O4/c1-10(2)11(3)14(19)16(4)9-13(18)17-7-5-12(6-8-17)15(20)21/h10-12H,5-9H2,1-4H3,(H,20,21). The summed E-state index contributed by atoms with van der Waals surface area (Å²) in [4.78, 5) is 38.3. The molecule has 6 nitrogen and oxygen atoms in total. The van der Waals surface area contributed by atoms with Gasteiger partial charge in [-0.2, -0.15) is 0 Å². The molecule has 0 aromatic rings. The molecule has 1 aliphatic heterocycles. The van der Waals surface area contributed by atoms with Crippen molar-refractivity contribution in [2.24, 2.45) is 17.8 Å². The van der Waals surface area contributed by atoms with Crippen LogP contribution in [0.3, 0.4) is 0 Å². The van der Waals surface area contributed by atoms with Crippen molar-refractivity contribution in [3.63, 3.8) is 0 Å². The fourth-order valence-electron chi connectivity index (χ4n) is 2.39. The van der Waals surface area contributed by atoms with Crippen LogP contribution in [0, 0.1) is 17.8 Å². The van der Waals surface area contributed by atoms with Crippen molar-refractivity contribution in [3.8, 4) is 0 Å². The van der Waals surface area contributed by atoms with Crippen LogP contribution in [0.15, 0.2) is 0 Å². The zero-order chi connectivity index (χ0) is 16.2. The van der Waals surface area contributed by atoms with Gasteiger partial charge in [-0.1, -0.05) is 20.8 Å². The van der Waals surface area contributed by atoms with Gasteiger partial charge in [-0.05, 0) is 18.8 Å². The Bertz CT molecular complexity index is 400. The van der Waals surface area contributed by atoms with Crippen molar-refractivity contribution < 1.29 is 19.5 Å². The van der Waals surface area contributed by atoms with Crippen LogP contribution in [-0.4, -0.2) is 59.4 Å². The summed E-state index contributed by atoms with van der Waals surface area (Å²) in [6, 6.07) is 0. The van der Waals surface area contributed by atoms with Crippen LogP contribution < -0.4 is 0 Å². The van der Waals surface area contributed by atoms with Gasteiger partial charge in [0.2, 0.25) is 11.8 Å². The van der Waals surface area contributed by atoms with Gasteiger partial charge in [0.05, 0.1) is 12.5 Å². The number of carbonyl (C=O) groups excluding carboxylic acids is 2. The van der Waals surface area contributed by atoms with Crippen LogP contribution in [-0.2, 0) is 14.4 Å². The molecule has 2 amide bonds. The molecule has 0 aliphatic carbocycles. The Morgan fingerprint density at radius 1 is 1.19 bits per heavy atom. The maximum absolute atomic E-state index is 12.2. The third-order valence-corrected chi connectivity index (χ3v) is 4.34. The van der Waals surface area contributed by atoms with E-state index in [-0.39, 0.29) is 36.1 Å². The van der Waals surface area contributed by atoms with Gasteiger partial charge in [0, 0.05) is 26.1 Å². The topological polar surface area (TPSA) is 77.9 Å². The molecular formula is C15H26N2O4. The quantitative estimate of drug-likeness (QED) is 0.823. The maximum Gasteiger partial charge on any atom is 0.306 e. The zero-order valence-electron chi connectivity index (χ0n) is 13.3. The Labute approximate surface area is 126 Å². The van der Waals surface area contributed by atoms with Crippen molar-refractivity contribution in [3.05, 3.63) is 0 Å². The van der Waals surface area contributed by atoms with Gasteiger partial charge in [-0.15, -0.1) is 0 Å². The second-order valence-electron chi connectivity index (χ2n) is 6.22. The first-order valence-corrected chi connectivity index (χ1v) is 7.49. The van der Waals surface area contributed by atoms with Gasteiger partial charge in [0.1, 0.15) is 0 Å². The number of rotatable bonds is 5. The molecular weight excluding hydrogens is 272 g/mol. The van der Waals surface area contributed by atoms with E-state index in [0.717, 1.165) is 0 Å². The number of hydrogen-bond acceptors (Lipinski definition) is 3. The van der Waals surface area contributed by atoms with Gasteiger partial charge in [-0.25, -0.2) is 0 Å². The molecule has 0 spiro atoms. The Morgan fingerprint density at radius 3 is 2.14 bits per heavy atom. The normalized spacial score (nSPS) is 17.7. The molecule has 1 rings (SSSR count). The number of likely N-dealkylation sites (N-methyl/N-ethyl adjacent to an activating group) is 1. The number of amides is 2. The van der Waals surface area contributed by atoms with E-state index >= 15 is 0 Å². The summed E-state index contributed by atoms with van der Waals surface area (Å²) in [6.07, 6.45) is 0.974. The predicted molar refractivity (Wildman–Crippen MR) is 78.6 cm³/mol. The molecule has 0 radical (unpaired) electrons.